The van der Waals surface area contributed by atoms with Gasteiger partial charge in [-0.15, -0.1) is 0 Å². The molecule has 1 saturated heterocycles. The van der Waals surface area contributed by atoms with E-state index in [1.54, 1.807) is 24.3 Å². The predicted octanol–water partition coefficient (Wildman–Crippen LogP) is 4.93. The van der Waals surface area contributed by atoms with E-state index in [-0.39, 0.29) is 5.82 Å². The van der Waals surface area contributed by atoms with Crippen LogP contribution in [-0.2, 0) is 4.74 Å². The summed E-state index contributed by atoms with van der Waals surface area (Å²) in [6.45, 7) is 3.07. The summed E-state index contributed by atoms with van der Waals surface area (Å²) in [4.78, 5) is 18.4. The van der Waals surface area contributed by atoms with E-state index in [9.17, 15) is 9.18 Å². The minimum absolute atomic E-state index is 0.307. The molecule has 166 valence electrons. The number of anilines is 1. The van der Waals surface area contributed by atoms with Gasteiger partial charge in [-0.3, -0.25) is 5.32 Å². The lowest BCUT2D eigenvalue weighted by Gasteiger charge is -2.31. The first-order valence-electron chi connectivity index (χ1n) is 10.7. The fourth-order valence-electron chi connectivity index (χ4n) is 4.20. The first-order valence-corrected chi connectivity index (χ1v) is 10.7. The van der Waals surface area contributed by atoms with Gasteiger partial charge in [0.15, 0.2) is 17.6 Å². The van der Waals surface area contributed by atoms with Crippen LogP contribution in [-0.4, -0.2) is 47.4 Å². The topological polar surface area (TPSA) is 93.6 Å². The number of carbonyl (C=O) groups excluding carboxylic acids is 1. The maximum Gasteiger partial charge on any atom is 0.411 e. The Bertz CT molecular complexity index is 1230. The van der Waals surface area contributed by atoms with Crippen LogP contribution in [0.15, 0.2) is 51.7 Å². The Kier molecular flexibility index (Phi) is 5.72. The molecular weight excluding hydrogens is 415 g/mol. The lowest BCUT2D eigenvalue weighted by molar-refractivity contribution is 0.145. The van der Waals surface area contributed by atoms with Crippen LogP contribution < -0.4 is 5.32 Å². The van der Waals surface area contributed by atoms with Crippen molar-refractivity contribution in [2.45, 2.75) is 25.2 Å². The van der Waals surface area contributed by atoms with Gasteiger partial charge in [-0.05, 0) is 56.6 Å². The summed E-state index contributed by atoms with van der Waals surface area (Å²) < 4.78 is 29.2. The fourth-order valence-corrected chi connectivity index (χ4v) is 4.20. The molecule has 1 N–H and O–H groups in total. The van der Waals surface area contributed by atoms with Crippen molar-refractivity contribution >= 4 is 33.8 Å². The van der Waals surface area contributed by atoms with Gasteiger partial charge >= 0.3 is 6.09 Å². The van der Waals surface area contributed by atoms with E-state index in [1.807, 2.05) is 0 Å². The lowest BCUT2D eigenvalue weighted by atomic mass is 9.91. The van der Waals surface area contributed by atoms with Crippen molar-refractivity contribution in [1.82, 2.24) is 15.0 Å². The van der Waals surface area contributed by atoms with Crippen molar-refractivity contribution in [3.05, 3.63) is 54.3 Å². The summed E-state index contributed by atoms with van der Waals surface area (Å²) in [5.41, 5.74) is 3.36. The monoisotopic (exact) mass is 438 g/mol. The number of carbonyl (C=O) groups is 1. The minimum atomic E-state index is -0.489. The number of halogens is 1. The third-order valence-corrected chi connectivity index (χ3v) is 5.87. The highest BCUT2D eigenvalue weighted by atomic mass is 19.1. The Hall–Kier alpha value is -3.46. The Morgan fingerprint density at radius 2 is 2.06 bits per heavy atom. The molecule has 0 spiro atoms. The molecule has 1 aliphatic heterocycles. The molecule has 0 aliphatic carbocycles. The minimum Gasteiger partial charge on any atom is -0.449 e. The number of benzene rings is 2. The van der Waals surface area contributed by atoms with Crippen LogP contribution in [0.3, 0.4) is 0 Å². The maximum atomic E-state index is 13.4. The smallest absolute Gasteiger partial charge is 0.411 e. The normalized spacial score (nSPS) is 15.4. The van der Waals surface area contributed by atoms with Crippen LogP contribution in [0.25, 0.3) is 22.1 Å². The molecule has 3 heterocycles. The van der Waals surface area contributed by atoms with Gasteiger partial charge in [0, 0.05) is 35.7 Å². The highest BCUT2D eigenvalue weighted by Crippen LogP contribution is 2.32. The number of nitrogens with one attached hydrogen (secondary N) is 1. The summed E-state index contributed by atoms with van der Waals surface area (Å²) in [7, 11) is 0. The molecule has 0 radical (unpaired) electrons. The Labute approximate surface area is 183 Å². The third kappa shape index (κ3) is 4.43. The average molecular weight is 438 g/mol. The van der Waals surface area contributed by atoms with Crippen LogP contribution in [0.5, 0.6) is 0 Å². The van der Waals surface area contributed by atoms with Crippen molar-refractivity contribution in [3.63, 3.8) is 0 Å². The van der Waals surface area contributed by atoms with Crippen LogP contribution in [0.4, 0.5) is 14.9 Å². The molecular formula is C23H23FN4O4. The molecule has 2 aromatic heterocycles. The first-order chi connectivity index (χ1) is 15.7. The summed E-state index contributed by atoms with van der Waals surface area (Å²) in [5, 5.41) is 7.79. The van der Waals surface area contributed by atoms with Gasteiger partial charge < -0.3 is 18.6 Å². The van der Waals surface area contributed by atoms with Gasteiger partial charge in [-0.1, -0.05) is 5.16 Å². The number of nitrogens with zero attached hydrogens (tertiary/aromatic N) is 3. The largest absolute Gasteiger partial charge is 0.449 e. The van der Waals surface area contributed by atoms with Crippen LogP contribution in [0.2, 0.25) is 0 Å². The molecule has 0 unspecified atom stereocenters. The SMILES string of the molecule is O=C(Nc1ccc2ncoc2c1)OCCCN1CCC(c2noc3cc(F)ccc23)CC1. The molecule has 0 atom stereocenters. The van der Waals surface area contributed by atoms with Gasteiger partial charge in [0.2, 0.25) is 0 Å². The lowest BCUT2D eigenvalue weighted by Crippen LogP contribution is -2.34. The number of hydrogen-bond donors (Lipinski definition) is 1. The standard InChI is InChI=1S/C23H23FN4O4/c24-16-2-4-18-20(12-16)32-27-22(18)15-6-9-28(10-7-15)8-1-11-30-23(29)26-17-3-5-19-21(13-17)31-14-25-19/h2-5,12-15H,1,6-11H2,(H,26,29). The van der Waals surface area contributed by atoms with Crippen LogP contribution in [0, 0.1) is 5.82 Å². The van der Waals surface area contributed by atoms with Crippen LogP contribution in [0.1, 0.15) is 30.9 Å². The second-order valence-corrected chi connectivity index (χ2v) is 7.97. The molecule has 0 bridgehead atoms. The van der Waals surface area contributed by atoms with Gasteiger partial charge in [-0.2, -0.15) is 0 Å². The van der Waals surface area contributed by atoms with E-state index in [0.717, 1.165) is 55.5 Å². The van der Waals surface area contributed by atoms with E-state index in [1.165, 1.54) is 18.5 Å². The number of fused-ring (bicyclic) bond motifs is 2. The summed E-state index contributed by atoms with van der Waals surface area (Å²) in [6.07, 6.45) is 3.56. The van der Waals surface area contributed by atoms with Gasteiger partial charge in [0.25, 0.3) is 0 Å². The summed E-state index contributed by atoms with van der Waals surface area (Å²) in [6, 6.07) is 9.81. The van der Waals surface area contributed by atoms with E-state index in [4.69, 9.17) is 13.7 Å². The number of aromatic nitrogens is 2. The first kappa shape index (κ1) is 20.4. The fraction of sp³-hybridized carbons (Fsp3) is 0.348. The number of ether oxygens (including phenoxy) is 1. The van der Waals surface area contributed by atoms with Gasteiger partial charge in [-0.25, -0.2) is 14.2 Å². The van der Waals surface area contributed by atoms with Crippen molar-refractivity contribution in [1.29, 1.82) is 0 Å². The molecule has 4 aromatic rings. The maximum absolute atomic E-state index is 13.4. The number of piperidine rings is 1. The highest BCUT2D eigenvalue weighted by molar-refractivity contribution is 5.88. The van der Waals surface area contributed by atoms with E-state index < -0.39 is 6.09 Å². The quantitative estimate of drug-likeness (QED) is 0.427. The molecule has 9 heteroatoms. The van der Waals surface area contributed by atoms with Crippen molar-refractivity contribution < 1.29 is 22.9 Å². The second-order valence-electron chi connectivity index (χ2n) is 7.97. The number of oxazole rings is 1. The summed E-state index contributed by atoms with van der Waals surface area (Å²) in [5.74, 6) is -0.0106. The Morgan fingerprint density at radius 1 is 1.19 bits per heavy atom. The van der Waals surface area contributed by atoms with Crippen molar-refractivity contribution in [3.8, 4) is 0 Å². The zero-order chi connectivity index (χ0) is 21.9. The molecule has 2 aromatic carbocycles. The number of likely N-dealkylation sites (tertiary alicyclic amines) is 1. The van der Waals surface area contributed by atoms with Gasteiger partial charge in [0.1, 0.15) is 11.3 Å². The number of rotatable bonds is 6. The third-order valence-electron chi connectivity index (χ3n) is 5.87. The Balaban J connectivity index is 1.04. The van der Waals surface area contributed by atoms with E-state index in [2.05, 4.69) is 20.4 Å². The molecule has 32 heavy (non-hydrogen) atoms. The molecule has 8 nitrogen and oxygen atoms in total. The van der Waals surface area contributed by atoms with Gasteiger partial charge in [0.05, 0.1) is 12.3 Å². The number of amides is 1. The predicted molar refractivity (Wildman–Crippen MR) is 116 cm³/mol. The Morgan fingerprint density at radius 3 is 2.94 bits per heavy atom. The molecule has 1 fully saturated rings. The zero-order valence-electron chi connectivity index (χ0n) is 17.4. The molecule has 1 amide bonds. The molecule has 1 aliphatic rings. The van der Waals surface area contributed by atoms with Crippen molar-refractivity contribution in [2.75, 3.05) is 31.6 Å². The zero-order valence-corrected chi connectivity index (χ0v) is 17.4. The highest BCUT2D eigenvalue weighted by Gasteiger charge is 2.25. The summed E-state index contributed by atoms with van der Waals surface area (Å²) >= 11 is 0. The second kappa shape index (κ2) is 8.96. The van der Waals surface area contributed by atoms with E-state index >= 15 is 0 Å². The van der Waals surface area contributed by atoms with Crippen molar-refractivity contribution in [2.24, 2.45) is 0 Å². The average Bonchev–Trinajstić information content (AvgIpc) is 3.43. The van der Waals surface area contributed by atoms with E-state index in [0.29, 0.717) is 29.4 Å². The molecule has 5 rings (SSSR count). The number of hydrogen-bond acceptors (Lipinski definition) is 7. The molecule has 0 saturated carbocycles. The van der Waals surface area contributed by atoms with Crippen LogP contribution >= 0.6 is 0 Å².